The second-order valence-corrected chi connectivity index (χ2v) is 4.81. The van der Waals surface area contributed by atoms with E-state index < -0.39 is 5.79 Å². The van der Waals surface area contributed by atoms with Gasteiger partial charge in [0.2, 0.25) is 0 Å². The molecule has 1 heterocycles. The molecule has 0 bridgehead atoms. The number of benzene rings is 1. The lowest BCUT2D eigenvalue weighted by atomic mass is 10.0. The monoisotopic (exact) mass is 232 g/mol. The lowest BCUT2D eigenvalue weighted by molar-refractivity contribution is -0.162. The fourth-order valence-corrected chi connectivity index (χ4v) is 2.64. The molecule has 1 saturated carbocycles. The molecule has 17 heavy (non-hydrogen) atoms. The fraction of sp³-hybridized carbons (Fsp3) is 0.500. The van der Waals surface area contributed by atoms with E-state index in [0.29, 0.717) is 11.3 Å². The van der Waals surface area contributed by atoms with E-state index in [2.05, 4.69) is 0 Å². The van der Waals surface area contributed by atoms with Crippen LogP contribution in [0.15, 0.2) is 24.3 Å². The average Bonchev–Trinajstić information content (AvgIpc) is 2.55. The van der Waals surface area contributed by atoms with Crippen LogP contribution in [0.25, 0.3) is 0 Å². The molecule has 1 aliphatic heterocycles. The SMILES string of the molecule is O=C1OC2(CCCCCC2)Oc2ccccc21. The summed E-state index contributed by atoms with van der Waals surface area (Å²) in [6.45, 7) is 0. The van der Waals surface area contributed by atoms with Gasteiger partial charge in [-0.25, -0.2) is 4.79 Å². The maximum atomic E-state index is 12.0. The van der Waals surface area contributed by atoms with Crippen molar-refractivity contribution in [1.29, 1.82) is 0 Å². The molecule has 0 saturated heterocycles. The first-order chi connectivity index (χ1) is 8.29. The summed E-state index contributed by atoms with van der Waals surface area (Å²) >= 11 is 0. The van der Waals surface area contributed by atoms with Crippen LogP contribution in [-0.2, 0) is 4.74 Å². The molecule has 3 nitrogen and oxygen atoms in total. The van der Waals surface area contributed by atoms with E-state index in [4.69, 9.17) is 9.47 Å². The third-order valence-electron chi connectivity index (χ3n) is 3.55. The Balaban J connectivity index is 1.94. The van der Waals surface area contributed by atoms with Crippen molar-refractivity contribution in [2.24, 2.45) is 0 Å². The van der Waals surface area contributed by atoms with Crippen LogP contribution < -0.4 is 4.74 Å². The lowest BCUT2D eigenvalue weighted by Crippen LogP contribution is -2.44. The number of fused-ring (bicyclic) bond motifs is 1. The molecule has 3 rings (SSSR count). The second kappa shape index (κ2) is 4.06. The van der Waals surface area contributed by atoms with E-state index in [1.807, 2.05) is 18.2 Å². The van der Waals surface area contributed by atoms with Gasteiger partial charge in [0.15, 0.2) is 0 Å². The molecule has 1 fully saturated rings. The molecule has 1 aliphatic carbocycles. The predicted molar refractivity (Wildman–Crippen MR) is 62.9 cm³/mol. The topological polar surface area (TPSA) is 35.5 Å². The zero-order valence-corrected chi connectivity index (χ0v) is 9.78. The van der Waals surface area contributed by atoms with Crippen LogP contribution in [0.4, 0.5) is 0 Å². The van der Waals surface area contributed by atoms with Crippen molar-refractivity contribution in [3.63, 3.8) is 0 Å². The van der Waals surface area contributed by atoms with Crippen molar-refractivity contribution in [2.75, 3.05) is 0 Å². The number of carbonyl (C=O) groups excluding carboxylic acids is 1. The molecular formula is C14H16O3. The highest BCUT2D eigenvalue weighted by Gasteiger charge is 2.42. The molecule has 0 N–H and O–H groups in total. The van der Waals surface area contributed by atoms with E-state index in [1.165, 1.54) is 12.8 Å². The van der Waals surface area contributed by atoms with E-state index in [0.717, 1.165) is 25.7 Å². The Morgan fingerprint density at radius 2 is 1.65 bits per heavy atom. The zero-order valence-electron chi connectivity index (χ0n) is 9.78. The Labute approximate surface area is 101 Å². The third kappa shape index (κ3) is 1.90. The predicted octanol–water partition coefficient (Wildman–Crippen LogP) is 3.29. The van der Waals surface area contributed by atoms with Gasteiger partial charge in [0, 0.05) is 12.8 Å². The number of hydrogen-bond donors (Lipinski definition) is 0. The second-order valence-electron chi connectivity index (χ2n) is 4.81. The van der Waals surface area contributed by atoms with Gasteiger partial charge in [-0.3, -0.25) is 0 Å². The van der Waals surface area contributed by atoms with Gasteiger partial charge in [-0.2, -0.15) is 0 Å². The maximum Gasteiger partial charge on any atom is 0.345 e. The first kappa shape index (κ1) is 10.6. The highest BCUT2D eigenvalue weighted by atomic mass is 16.7. The molecule has 2 aliphatic rings. The number of esters is 1. The van der Waals surface area contributed by atoms with E-state index in [9.17, 15) is 4.79 Å². The molecule has 1 spiro atoms. The fourth-order valence-electron chi connectivity index (χ4n) is 2.64. The van der Waals surface area contributed by atoms with Gasteiger partial charge < -0.3 is 9.47 Å². The molecule has 0 amide bonds. The number of rotatable bonds is 0. The van der Waals surface area contributed by atoms with Crippen LogP contribution >= 0.6 is 0 Å². The van der Waals surface area contributed by atoms with E-state index in [1.54, 1.807) is 6.07 Å². The largest absolute Gasteiger partial charge is 0.451 e. The Kier molecular flexibility index (Phi) is 2.54. The van der Waals surface area contributed by atoms with Crippen LogP contribution in [0.2, 0.25) is 0 Å². The number of hydrogen-bond acceptors (Lipinski definition) is 3. The molecule has 0 radical (unpaired) electrons. The summed E-state index contributed by atoms with van der Waals surface area (Å²) in [5.74, 6) is -0.263. The van der Waals surface area contributed by atoms with Crippen molar-refractivity contribution in [3.8, 4) is 5.75 Å². The summed E-state index contributed by atoms with van der Waals surface area (Å²) in [4.78, 5) is 12.0. The van der Waals surface area contributed by atoms with Gasteiger partial charge in [-0.1, -0.05) is 25.0 Å². The molecule has 0 aromatic heterocycles. The zero-order chi connectivity index (χ0) is 11.7. The Morgan fingerprint density at radius 1 is 0.941 bits per heavy atom. The lowest BCUT2D eigenvalue weighted by Gasteiger charge is -2.36. The molecule has 1 aromatic carbocycles. The van der Waals surface area contributed by atoms with Crippen LogP contribution in [0.3, 0.4) is 0 Å². The molecule has 90 valence electrons. The molecule has 0 atom stereocenters. The van der Waals surface area contributed by atoms with Crippen LogP contribution in [0.5, 0.6) is 5.75 Å². The number of ether oxygens (including phenoxy) is 2. The summed E-state index contributed by atoms with van der Waals surface area (Å²) < 4.78 is 11.5. The Bertz CT molecular complexity index is 431. The van der Waals surface area contributed by atoms with Crippen molar-refractivity contribution >= 4 is 5.97 Å². The first-order valence-corrected chi connectivity index (χ1v) is 6.31. The molecule has 1 aromatic rings. The van der Waals surface area contributed by atoms with Crippen LogP contribution in [-0.4, -0.2) is 11.8 Å². The Morgan fingerprint density at radius 3 is 2.41 bits per heavy atom. The highest BCUT2D eigenvalue weighted by Crippen LogP contribution is 2.38. The van der Waals surface area contributed by atoms with Gasteiger partial charge >= 0.3 is 5.97 Å². The summed E-state index contributed by atoms with van der Waals surface area (Å²) in [6, 6.07) is 7.32. The standard InChI is InChI=1S/C14H16O3/c15-13-11-7-3-4-8-12(11)16-14(17-13)9-5-1-2-6-10-14/h3-4,7-8H,1-2,5-6,9-10H2. The van der Waals surface area contributed by atoms with Gasteiger partial charge in [0.1, 0.15) is 11.3 Å². The van der Waals surface area contributed by atoms with Crippen molar-refractivity contribution in [3.05, 3.63) is 29.8 Å². The Hall–Kier alpha value is -1.51. The summed E-state index contributed by atoms with van der Waals surface area (Å²) in [5.41, 5.74) is 0.544. The van der Waals surface area contributed by atoms with Crippen LogP contribution in [0, 0.1) is 0 Å². The molecular weight excluding hydrogens is 216 g/mol. The average molecular weight is 232 g/mol. The van der Waals surface area contributed by atoms with Gasteiger partial charge in [-0.15, -0.1) is 0 Å². The minimum atomic E-state index is -0.693. The smallest absolute Gasteiger partial charge is 0.345 e. The highest BCUT2D eigenvalue weighted by molar-refractivity contribution is 5.93. The van der Waals surface area contributed by atoms with Crippen molar-refractivity contribution < 1.29 is 14.3 Å². The molecule has 3 heteroatoms. The van der Waals surface area contributed by atoms with Crippen LogP contribution in [0.1, 0.15) is 48.9 Å². The van der Waals surface area contributed by atoms with Gasteiger partial charge in [0.05, 0.1) is 0 Å². The normalized spacial score (nSPS) is 22.2. The maximum absolute atomic E-state index is 12.0. The third-order valence-corrected chi connectivity index (χ3v) is 3.55. The quantitative estimate of drug-likeness (QED) is 0.644. The number of para-hydroxylation sites is 1. The van der Waals surface area contributed by atoms with Gasteiger partial charge in [-0.05, 0) is 25.0 Å². The molecule has 0 unspecified atom stereocenters. The van der Waals surface area contributed by atoms with Gasteiger partial charge in [0.25, 0.3) is 5.79 Å². The number of carbonyl (C=O) groups is 1. The van der Waals surface area contributed by atoms with E-state index in [-0.39, 0.29) is 5.97 Å². The van der Waals surface area contributed by atoms with Crippen molar-refractivity contribution in [2.45, 2.75) is 44.3 Å². The summed E-state index contributed by atoms with van der Waals surface area (Å²) in [5, 5.41) is 0. The minimum absolute atomic E-state index is 0.242. The van der Waals surface area contributed by atoms with E-state index >= 15 is 0 Å². The van der Waals surface area contributed by atoms with Crippen molar-refractivity contribution in [1.82, 2.24) is 0 Å². The minimum Gasteiger partial charge on any atom is -0.451 e. The summed E-state index contributed by atoms with van der Waals surface area (Å²) in [6.07, 6.45) is 6.15. The first-order valence-electron chi connectivity index (χ1n) is 6.31. The summed E-state index contributed by atoms with van der Waals surface area (Å²) in [7, 11) is 0.